The first-order chi connectivity index (χ1) is 9.01. The van der Waals surface area contributed by atoms with Gasteiger partial charge in [0.25, 0.3) is 0 Å². The van der Waals surface area contributed by atoms with Crippen LogP contribution in [-0.4, -0.2) is 18.5 Å². The van der Waals surface area contributed by atoms with Gasteiger partial charge in [0.15, 0.2) is 0 Å². The van der Waals surface area contributed by atoms with Gasteiger partial charge in [-0.3, -0.25) is 4.90 Å². The van der Waals surface area contributed by atoms with Crippen LogP contribution in [0.2, 0.25) is 8.67 Å². The highest BCUT2D eigenvalue weighted by Gasteiger charge is 2.19. The summed E-state index contributed by atoms with van der Waals surface area (Å²) in [7, 11) is 2.06. The van der Waals surface area contributed by atoms with E-state index >= 15 is 0 Å². The van der Waals surface area contributed by atoms with Gasteiger partial charge in [0.2, 0.25) is 0 Å². The second-order valence-corrected chi connectivity index (χ2v) is 8.48. The van der Waals surface area contributed by atoms with E-state index < -0.39 is 0 Å². The molecule has 19 heavy (non-hydrogen) atoms. The minimum atomic E-state index is 0.162. The fourth-order valence-electron chi connectivity index (χ4n) is 1.83. The average molecular weight is 400 g/mol. The van der Waals surface area contributed by atoms with E-state index in [9.17, 15) is 0 Å². The molecule has 0 aliphatic heterocycles. The lowest BCUT2D eigenvalue weighted by molar-refractivity contribution is 0.247. The highest BCUT2D eigenvalue weighted by molar-refractivity contribution is 9.10. The number of hydrogen-bond acceptors (Lipinski definition) is 4. The molecule has 0 saturated heterocycles. The zero-order valence-electron chi connectivity index (χ0n) is 10.2. The number of halogens is 3. The SMILES string of the molecule is CN(Cc1ccc(Cl)s1)C(CN)c1cc(Br)c(Cl)s1. The molecular weight excluding hydrogens is 387 g/mol. The molecule has 2 aromatic heterocycles. The first-order valence-electron chi connectivity index (χ1n) is 5.60. The monoisotopic (exact) mass is 398 g/mol. The Morgan fingerprint density at radius 3 is 2.58 bits per heavy atom. The van der Waals surface area contributed by atoms with Gasteiger partial charge in [-0.1, -0.05) is 23.2 Å². The van der Waals surface area contributed by atoms with Gasteiger partial charge in [-0.15, -0.1) is 22.7 Å². The van der Waals surface area contributed by atoms with Crippen molar-refractivity contribution >= 4 is 61.8 Å². The molecule has 0 radical (unpaired) electrons. The third kappa shape index (κ3) is 3.94. The van der Waals surface area contributed by atoms with E-state index in [1.54, 1.807) is 22.7 Å². The fraction of sp³-hybridized carbons (Fsp3) is 0.333. The third-order valence-electron chi connectivity index (χ3n) is 2.78. The van der Waals surface area contributed by atoms with Crippen molar-refractivity contribution < 1.29 is 0 Å². The average Bonchev–Trinajstić information content (AvgIpc) is 2.88. The highest BCUT2D eigenvalue weighted by Crippen LogP contribution is 2.37. The second kappa shape index (κ2) is 6.89. The van der Waals surface area contributed by atoms with E-state index in [1.807, 2.05) is 18.2 Å². The molecule has 0 aliphatic rings. The van der Waals surface area contributed by atoms with E-state index in [0.29, 0.717) is 6.54 Å². The lowest BCUT2D eigenvalue weighted by atomic mass is 10.2. The molecule has 0 aliphatic carbocycles. The van der Waals surface area contributed by atoms with E-state index in [1.165, 1.54) is 9.75 Å². The maximum atomic E-state index is 6.10. The van der Waals surface area contributed by atoms with Crippen molar-refractivity contribution in [3.8, 4) is 0 Å². The molecule has 0 fully saturated rings. The van der Waals surface area contributed by atoms with Crippen LogP contribution in [0, 0.1) is 0 Å². The van der Waals surface area contributed by atoms with Crippen LogP contribution in [0.1, 0.15) is 15.8 Å². The summed E-state index contributed by atoms with van der Waals surface area (Å²) >= 11 is 18.6. The maximum absolute atomic E-state index is 6.10. The molecular formula is C12H13BrCl2N2S2. The third-order valence-corrected chi connectivity index (χ3v) is 6.57. The van der Waals surface area contributed by atoms with Gasteiger partial charge in [-0.25, -0.2) is 0 Å². The van der Waals surface area contributed by atoms with E-state index in [2.05, 4.69) is 27.9 Å². The van der Waals surface area contributed by atoms with Crippen LogP contribution >= 0.6 is 61.8 Å². The normalized spacial score (nSPS) is 13.2. The molecule has 0 spiro atoms. The molecule has 2 nitrogen and oxygen atoms in total. The fourth-order valence-corrected chi connectivity index (χ4v) is 4.90. The number of rotatable bonds is 5. The van der Waals surface area contributed by atoms with Crippen LogP contribution in [0.3, 0.4) is 0 Å². The maximum Gasteiger partial charge on any atom is 0.107 e. The molecule has 0 amide bonds. The van der Waals surface area contributed by atoms with Gasteiger partial charge in [0, 0.05) is 27.3 Å². The molecule has 0 bridgehead atoms. The lowest BCUT2D eigenvalue weighted by Gasteiger charge is -2.25. The number of nitrogens with two attached hydrogens (primary N) is 1. The predicted molar refractivity (Wildman–Crippen MR) is 89.6 cm³/mol. The van der Waals surface area contributed by atoms with E-state index in [4.69, 9.17) is 28.9 Å². The summed E-state index contributed by atoms with van der Waals surface area (Å²) in [6.45, 7) is 1.38. The van der Waals surface area contributed by atoms with Crippen molar-refractivity contribution in [1.82, 2.24) is 4.90 Å². The largest absolute Gasteiger partial charge is 0.329 e. The van der Waals surface area contributed by atoms with Crippen molar-refractivity contribution in [3.05, 3.63) is 41.1 Å². The van der Waals surface area contributed by atoms with Crippen LogP contribution in [-0.2, 0) is 6.54 Å². The summed E-state index contributed by atoms with van der Waals surface area (Å²) in [5.41, 5.74) is 5.91. The summed E-state index contributed by atoms with van der Waals surface area (Å²) in [5, 5.41) is 0. The minimum Gasteiger partial charge on any atom is -0.329 e. The Morgan fingerprint density at radius 1 is 1.37 bits per heavy atom. The topological polar surface area (TPSA) is 29.3 Å². The molecule has 2 heterocycles. The Labute approximate surface area is 139 Å². The van der Waals surface area contributed by atoms with Gasteiger partial charge in [0.1, 0.15) is 4.34 Å². The van der Waals surface area contributed by atoms with Gasteiger partial charge >= 0.3 is 0 Å². The zero-order valence-corrected chi connectivity index (χ0v) is 14.9. The van der Waals surface area contributed by atoms with Crippen LogP contribution in [0.4, 0.5) is 0 Å². The summed E-state index contributed by atoms with van der Waals surface area (Å²) < 4.78 is 2.51. The standard InChI is InChI=1S/C12H13BrCl2N2S2/c1-17(6-7-2-3-11(14)18-7)9(5-16)10-4-8(13)12(15)19-10/h2-4,9H,5-6,16H2,1H3. The predicted octanol–water partition coefficient (Wildman–Crippen LogP) is 5.01. The van der Waals surface area contributed by atoms with Crippen molar-refractivity contribution in [2.75, 3.05) is 13.6 Å². The van der Waals surface area contributed by atoms with Crippen molar-refractivity contribution in [3.63, 3.8) is 0 Å². The lowest BCUT2D eigenvalue weighted by Crippen LogP contribution is -2.29. The molecule has 1 unspecified atom stereocenters. The number of nitrogens with zero attached hydrogens (tertiary/aromatic N) is 1. The van der Waals surface area contributed by atoms with Crippen molar-refractivity contribution in [2.45, 2.75) is 12.6 Å². The van der Waals surface area contributed by atoms with Crippen LogP contribution in [0.25, 0.3) is 0 Å². The highest BCUT2D eigenvalue weighted by atomic mass is 79.9. The Balaban J connectivity index is 2.12. The summed E-state index contributed by atoms with van der Waals surface area (Å²) in [4.78, 5) is 4.62. The Kier molecular flexibility index (Phi) is 5.72. The summed E-state index contributed by atoms with van der Waals surface area (Å²) in [6.07, 6.45) is 0. The summed E-state index contributed by atoms with van der Waals surface area (Å²) in [5.74, 6) is 0. The Hall–Kier alpha value is 0.380. The molecule has 2 rings (SSSR count). The molecule has 1 atom stereocenters. The Morgan fingerprint density at radius 2 is 2.11 bits per heavy atom. The molecule has 2 aromatic rings. The van der Waals surface area contributed by atoms with Gasteiger partial charge in [-0.05, 0) is 41.2 Å². The summed E-state index contributed by atoms with van der Waals surface area (Å²) in [6, 6.07) is 6.18. The van der Waals surface area contributed by atoms with Crippen LogP contribution in [0.5, 0.6) is 0 Å². The van der Waals surface area contributed by atoms with Crippen molar-refractivity contribution in [1.29, 1.82) is 0 Å². The second-order valence-electron chi connectivity index (χ2n) is 4.14. The number of thiophene rings is 2. The number of likely N-dealkylation sites (N-methyl/N-ethyl adjacent to an activating group) is 1. The van der Waals surface area contributed by atoms with E-state index in [-0.39, 0.29) is 6.04 Å². The zero-order chi connectivity index (χ0) is 14.0. The first kappa shape index (κ1) is 15.8. The van der Waals surface area contributed by atoms with E-state index in [0.717, 1.165) is 19.7 Å². The molecule has 7 heteroatoms. The van der Waals surface area contributed by atoms with Gasteiger partial charge < -0.3 is 5.73 Å². The van der Waals surface area contributed by atoms with Gasteiger partial charge in [-0.2, -0.15) is 0 Å². The Bertz CT molecular complexity index is 536. The molecule has 2 N–H and O–H groups in total. The number of hydrogen-bond donors (Lipinski definition) is 1. The quantitative estimate of drug-likeness (QED) is 0.765. The molecule has 0 aromatic carbocycles. The van der Waals surface area contributed by atoms with Crippen LogP contribution in [0.15, 0.2) is 22.7 Å². The molecule has 104 valence electrons. The van der Waals surface area contributed by atoms with Gasteiger partial charge in [0.05, 0.1) is 10.4 Å². The minimum absolute atomic E-state index is 0.162. The smallest absolute Gasteiger partial charge is 0.107 e. The van der Waals surface area contributed by atoms with Crippen LogP contribution < -0.4 is 5.73 Å². The van der Waals surface area contributed by atoms with Crippen molar-refractivity contribution in [2.24, 2.45) is 5.73 Å². The molecule has 0 saturated carbocycles. The first-order valence-corrected chi connectivity index (χ1v) is 8.78.